The molecular weight excluding hydrogens is 260 g/mol. The van der Waals surface area contributed by atoms with Crippen molar-refractivity contribution < 1.29 is 4.79 Å². The average Bonchev–Trinajstić information content (AvgIpc) is 3.20. The highest BCUT2D eigenvalue weighted by molar-refractivity contribution is 5.87. The van der Waals surface area contributed by atoms with Gasteiger partial charge in [-0.05, 0) is 49.2 Å². The van der Waals surface area contributed by atoms with Crippen molar-refractivity contribution in [1.29, 1.82) is 5.26 Å². The molecule has 2 fully saturated rings. The normalized spacial score (nSPS) is 28.0. The number of rotatable bonds is 3. The summed E-state index contributed by atoms with van der Waals surface area (Å²) in [5.74, 6) is 0.994. The standard InChI is InChI=1S/C18H18N2O/c19-11-20-17-14(10-12-4-2-1-3-5-12)8-9-15(17)16(18(20)21)13-6-7-13/h1-5,13,15-16H,6-10H2. The van der Waals surface area contributed by atoms with Gasteiger partial charge in [-0.2, -0.15) is 5.26 Å². The van der Waals surface area contributed by atoms with E-state index in [2.05, 4.69) is 18.3 Å². The number of carbonyl (C=O) groups excluding carboxylic acids is 1. The van der Waals surface area contributed by atoms with E-state index in [1.165, 1.54) is 16.0 Å². The molecule has 1 aliphatic heterocycles. The largest absolute Gasteiger partial charge is 0.273 e. The minimum atomic E-state index is 0.0604. The quantitative estimate of drug-likeness (QED) is 0.797. The van der Waals surface area contributed by atoms with Crippen molar-refractivity contribution in [2.24, 2.45) is 17.8 Å². The third kappa shape index (κ3) is 1.98. The Hall–Kier alpha value is -2.08. The van der Waals surface area contributed by atoms with Crippen LogP contribution >= 0.6 is 0 Å². The Bertz CT molecular complexity index is 652. The zero-order valence-corrected chi connectivity index (χ0v) is 12.0. The Balaban J connectivity index is 1.69. The van der Waals surface area contributed by atoms with Gasteiger partial charge in [-0.1, -0.05) is 30.3 Å². The van der Waals surface area contributed by atoms with Gasteiger partial charge >= 0.3 is 0 Å². The minimum Gasteiger partial charge on any atom is -0.273 e. The van der Waals surface area contributed by atoms with E-state index in [0.717, 1.165) is 37.8 Å². The molecule has 3 nitrogen and oxygen atoms in total. The molecule has 1 saturated carbocycles. The number of hydrogen-bond donors (Lipinski definition) is 0. The lowest BCUT2D eigenvalue weighted by Gasteiger charge is -2.11. The molecule has 0 radical (unpaired) electrons. The third-order valence-corrected chi connectivity index (χ3v) is 5.14. The van der Waals surface area contributed by atoms with Gasteiger partial charge < -0.3 is 0 Å². The van der Waals surface area contributed by atoms with Crippen LogP contribution in [0.5, 0.6) is 0 Å². The van der Waals surface area contributed by atoms with Gasteiger partial charge in [-0.25, -0.2) is 4.90 Å². The van der Waals surface area contributed by atoms with Crippen molar-refractivity contribution in [3.8, 4) is 6.19 Å². The first-order chi connectivity index (χ1) is 10.3. The maximum absolute atomic E-state index is 12.5. The Morgan fingerprint density at radius 1 is 1.19 bits per heavy atom. The predicted molar refractivity (Wildman–Crippen MR) is 78.6 cm³/mol. The lowest BCUT2D eigenvalue weighted by atomic mass is 9.89. The summed E-state index contributed by atoms with van der Waals surface area (Å²) < 4.78 is 0. The molecule has 0 bridgehead atoms. The van der Waals surface area contributed by atoms with Gasteiger partial charge in [0.25, 0.3) is 0 Å². The molecule has 0 spiro atoms. The number of fused-ring (bicyclic) bond motifs is 1. The summed E-state index contributed by atoms with van der Waals surface area (Å²) >= 11 is 0. The minimum absolute atomic E-state index is 0.0604. The van der Waals surface area contributed by atoms with E-state index in [1.54, 1.807) is 0 Å². The van der Waals surface area contributed by atoms with E-state index in [0.29, 0.717) is 11.8 Å². The van der Waals surface area contributed by atoms with Gasteiger partial charge in [0.1, 0.15) is 0 Å². The summed E-state index contributed by atoms with van der Waals surface area (Å²) in [6.45, 7) is 0. The highest BCUT2D eigenvalue weighted by Gasteiger charge is 2.53. The number of nitrogens with zero attached hydrogens (tertiary/aromatic N) is 2. The smallest absolute Gasteiger partial charge is 0.244 e. The molecule has 3 heteroatoms. The summed E-state index contributed by atoms with van der Waals surface area (Å²) in [7, 11) is 0. The fraction of sp³-hybridized carbons (Fsp3) is 0.444. The lowest BCUT2D eigenvalue weighted by molar-refractivity contribution is -0.128. The van der Waals surface area contributed by atoms with E-state index >= 15 is 0 Å². The molecule has 4 rings (SSSR count). The zero-order chi connectivity index (χ0) is 14.4. The number of nitriles is 1. The van der Waals surface area contributed by atoms with Crippen molar-refractivity contribution in [2.75, 3.05) is 0 Å². The molecule has 1 heterocycles. The van der Waals surface area contributed by atoms with Gasteiger partial charge in [-0.15, -0.1) is 0 Å². The second-order valence-corrected chi connectivity index (χ2v) is 6.43. The van der Waals surface area contributed by atoms with Gasteiger partial charge in [0, 0.05) is 11.6 Å². The maximum Gasteiger partial charge on any atom is 0.244 e. The van der Waals surface area contributed by atoms with Gasteiger partial charge in [0.2, 0.25) is 5.91 Å². The second-order valence-electron chi connectivity index (χ2n) is 6.43. The first-order valence-corrected chi connectivity index (χ1v) is 7.79. The van der Waals surface area contributed by atoms with Gasteiger partial charge in [0.15, 0.2) is 6.19 Å². The zero-order valence-electron chi connectivity index (χ0n) is 12.0. The van der Waals surface area contributed by atoms with Crippen molar-refractivity contribution >= 4 is 5.91 Å². The summed E-state index contributed by atoms with van der Waals surface area (Å²) in [5.41, 5.74) is 3.60. The molecule has 3 aliphatic rings. The summed E-state index contributed by atoms with van der Waals surface area (Å²) in [5, 5.41) is 9.41. The molecule has 1 aromatic carbocycles. The molecule has 0 N–H and O–H groups in total. The molecule has 2 atom stereocenters. The van der Waals surface area contributed by atoms with E-state index in [-0.39, 0.29) is 11.8 Å². The first-order valence-electron chi connectivity index (χ1n) is 7.79. The molecule has 1 aromatic rings. The molecule has 2 unspecified atom stereocenters. The van der Waals surface area contributed by atoms with Crippen molar-refractivity contribution in [1.82, 2.24) is 4.90 Å². The maximum atomic E-state index is 12.5. The number of carbonyl (C=O) groups is 1. The van der Waals surface area contributed by atoms with Crippen LogP contribution < -0.4 is 0 Å². The number of likely N-dealkylation sites (tertiary alicyclic amines) is 1. The Kier molecular flexibility index (Phi) is 2.85. The second kappa shape index (κ2) is 4.73. The monoisotopic (exact) mass is 278 g/mol. The Labute approximate surface area is 124 Å². The molecule has 1 amide bonds. The van der Waals surface area contributed by atoms with Crippen molar-refractivity contribution in [3.63, 3.8) is 0 Å². The van der Waals surface area contributed by atoms with Crippen LogP contribution in [0.1, 0.15) is 31.2 Å². The fourth-order valence-electron chi connectivity index (χ4n) is 4.08. The molecular formula is C18H18N2O. The topological polar surface area (TPSA) is 44.1 Å². The van der Waals surface area contributed by atoms with Crippen LogP contribution in [0, 0.1) is 29.2 Å². The predicted octanol–water partition coefficient (Wildman–Crippen LogP) is 3.24. The van der Waals surface area contributed by atoms with Gasteiger partial charge in [0.05, 0.1) is 5.92 Å². The molecule has 2 aliphatic carbocycles. The highest BCUT2D eigenvalue weighted by atomic mass is 16.2. The highest BCUT2D eigenvalue weighted by Crippen LogP contribution is 2.53. The van der Waals surface area contributed by atoms with Crippen LogP contribution in [-0.2, 0) is 11.2 Å². The van der Waals surface area contributed by atoms with Gasteiger partial charge in [-0.3, -0.25) is 4.79 Å². The molecule has 106 valence electrons. The molecule has 21 heavy (non-hydrogen) atoms. The molecule has 1 saturated heterocycles. The summed E-state index contributed by atoms with van der Waals surface area (Å²) in [6.07, 6.45) is 7.41. The first kappa shape index (κ1) is 12.6. The van der Waals surface area contributed by atoms with E-state index in [1.807, 2.05) is 18.2 Å². The van der Waals surface area contributed by atoms with Crippen LogP contribution in [0.15, 0.2) is 41.6 Å². The summed E-state index contributed by atoms with van der Waals surface area (Å²) in [4.78, 5) is 13.9. The third-order valence-electron chi connectivity index (χ3n) is 5.14. The number of allylic oxidation sites excluding steroid dienone is 2. The van der Waals surface area contributed by atoms with Crippen LogP contribution in [0.3, 0.4) is 0 Å². The van der Waals surface area contributed by atoms with Crippen molar-refractivity contribution in [3.05, 3.63) is 47.2 Å². The van der Waals surface area contributed by atoms with E-state index in [9.17, 15) is 10.1 Å². The number of hydrogen-bond acceptors (Lipinski definition) is 2. The number of benzene rings is 1. The van der Waals surface area contributed by atoms with Crippen LogP contribution in [0.25, 0.3) is 0 Å². The summed E-state index contributed by atoms with van der Waals surface area (Å²) in [6, 6.07) is 10.3. The Morgan fingerprint density at radius 2 is 1.95 bits per heavy atom. The van der Waals surface area contributed by atoms with Crippen LogP contribution in [-0.4, -0.2) is 10.8 Å². The van der Waals surface area contributed by atoms with Crippen molar-refractivity contribution in [2.45, 2.75) is 32.1 Å². The van der Waals surface area contributed by atoms with Crippen LogP contribution in [0.4, 0.5) is 0 Å². The van der Waals surface area contributed by atoms with Crippen LogP contribution in [0.2, 0.25) is 0 Å². The molecule has 0 aromatic heterocycles. The van der Waals surface area contributed by atoms with E-state index < -0.39 is 0 Å². The Morgan fingerprint density at radius 3 is 2.62 bits per heavy atom. The lowest BCUT2D eigenvalue weighted by Crippen LogP contribution is -2.24. The SMILES string of the molecule is N#CN1C(=O)C(C2CC2)C2CCC(Cc3ccccc3)=C21. The van der Waals surface area contributed by atoms with E-state index in [4.69, 9.17) is 0 Å². The average molecular weight is 278 g/mol. The fourth-order valence-corrected chi connectivity index (χ4v) is 4.08. The number of amides is 1.